The highest BCUT2D eigenvalue weighted by Gasteiger charge is 2.21. The van der Waals surface area contributed by atoms with Crippen LogP contribution in [0.25, 0.3) is 0 Å². The molecular weight excluding hydrogens is 246 g/mol. The summed E-state index contributed by atoms with van der Waals surface area (Å²) in [6.45, 7) is 3.41. The molecule has 0 atom stereocenters. The van der Waals surface area contributed by atoms with Crippen LogP contribution in [0, 0.1) is 0 Å². The molecule has 4 nitrogen and oxygen atoms in total. The van der Waals surface area contributed by atoms with E-state index in [0.29, 0.717) is 11.2 Å². The minimum atomic E-state index is 0.0516. The van der Waals surface area contributed by atoms with Crippen molar-refractivity contribution in [1.29, 1.82) is 0 Å². The molecule has 0 unspecified atom stereocenters. The lowest BCUT2D eigenvalue weighted by molar-refractivity contribution is -0.119. The summed E-state index contributed by atoms with van der Waals surface area (Å²) < 4.78 is 0. The lowest BCUT2D eigenvalue weighted by Gasteiger charge is -2.31. The number of aromatic nitrogens is 1. The summed E-state index contributed by atoms with van der Waals surface area (Å²) in [5.74, 6) is 0.0516. The molecule has 1 N–H and O–H groups in total. The first-order valence-corrected chi connectivity index (χ1v) is 6.54. The van der Waals surface area contributed by atoms with Crippen LogP contribution in [0.1, 0.15) is 19.8 Å². The zero-order chi connectivity index (χ0) is 11.5. The lowest BCUT2D eigenvalue weighted by atomic mass is 10.1. The highest BCUT2D eigenvalue weighted by atomic mass is 35.5. The highest BCUT2D eigenvalue weighted by molar-refractivity contribution is 7.14. The predicted octanol–water partition coefficient (Wildman–Crippen LogP) is 1.90. The SMILES string of the molecule is CC(=O)NC1CCN(c2nc(Cl)cs2)CC1. The van der Waals surface area contributed by atoms with Crippen molar-refractivity contribution < 1.29 is 4.79 Å². The van der Waals surface area contributed by atoms with Gasteiger partial charge in [0.25, 0.3) is 0 Å². The zero-order valence-corrected chi connectivity index (χ0v) is 10.6. The van der Waals surface area contributed by atoms with Crippen LogP contribution >= 0.6 is 22.9 Å². The first-order valence-electron chi connectivity index (χ1n) is 5.28. The van der Waals surface area contributed by atoms with E-state index in [1.165, 1.54) is 0 Å². The third-order valence-corrected chi connectivity index (χ3v) is 3.86. The van der Waals surface area contributed by atoms with Gasteiger partial charge < -0.3 is 10.2 Å². The molecule has 1 aliphatic heterocycles. The van der Waals surface area contributed by atoms with Gasteiger partial charge >= 0.3 is 0 Å². The predicted molar refractivity (Wildman–Crippen MR) is 66.2 cm³/mol. The second-order valence-corrected chi connectivity index (χ2v) is 5.14. The molecule has 0 radical (unpaired) electrons. The van der Waals surface area contributed by atoms with Gasteiger partial charge in [0.05, 0.1) is 0 Å². The van der Waals surface area contributed by atoms with Crippen LogP contribution in [0.4, 0.5) is 5.13 Å². The molecule has 1 saturated heterocycles. The van der Waals surface area contributed by atoms with Crippen molar-refractivity contribution in [2.45, 2.75) is 25.8 Å². The highest BCUT2D eigenvalue weighted by Crippen LogP contribution is 2.25. The largest absolute Gasteiger partial charge is 0.353 e. The molecule has 1 fully saturated rings. The molecule has 2 heterocycles. The van der Waals surface area contributed by atoms with E-state index in [4.69, 9.17) is 11.6 Å². The number of amides is 1. The zero-order valence-electron chi connectivity index (χ0n) is 9.07. The number of nitrogens with one attached hydrogen (secondary N) is 1. The molecular formula is C10H14ClN3OS. The van der Waals surface area contributed by atoms with E-state index in [1.54, 1.807) is 18.3 Å². The summed E-state index contributed by atoms with van der Waals surface area (Å²) in [4.78, 5) is 17.4. The average Bonchev–Trinajstić information content (AvgIpc) is 2.65. The molecule has 1 aromatic rings. The normalized spacial score (nSPS) is 17.5. The number of carbonyl (C=O) groups excluding carboxylic acids is 1. The molecule has 1 aromatic heterocycles. The summed E-state index contributed by atoms with van der Waals surface area (Å²) in [6, 6.07) is 0.309. The van der Waals surface area contributed by atoms with Crippen LogP contribution in [-0.2, 0) is 4.79 Å². The Kier molecular flexibility index (Phi) is 3.66. The Morgan fingerprint density at radius 1 is 1.62 bits per heavy atom. The van der Waals surface area contributed by atoms with E-state index in [-0.39, 0.29) is 5.91 Å². The van der Waals surface area contributed by atoms with Crippen molar-refractivity contribution in [1.82, 2.24) is 10.3 Å². The van der Waals surface area contributed by atoms with Gasteiger partial charge in [-0.05, 0) is 12.8 Å². The van der Waals surface area contributed by atoms with Crippen molar-refractivity contribution >= 4 is 34.0 Å². The van der Waals surface area contributed by atoms with Crippen molar-refractivity contribution in [3.05, 3.63) is 10.5 Å². The van der Waals surface area contributed by atoms with Crippen molar-refractivity contribution in [2.75, 3.05) is 18.0 Å². The molecule has 1 amide bonds. The number of nitrogens with zero attached hydrogens (tertiary/aromatic N) is 2. The molecule has 0 bridgehead atoms. The Morgan fingerprint density at radius 2 is 2.31 bits per heavy atom. The van der Waals surface area contributed by atoms with Crippen LogP contribution in [0.15, 0.2) is 5.38 Å². The van der Waals surface area contributed by atoms with E-state index < -0.39 is 0 Å². The lowest BCUT2D eigenvalue weighted by Crippen LogP contribution is -2.44. The van der Waals surface area contributed by atoms with Crippen LogP contribution in [0.2, 0.25) is 5.15 Å². The van der Waals surface area contributed by atoms with Crippen LogP contribution in [-0.4, -0.2) is 30.0 Å². The Bertz CT molecular complexity index is 374. The molecule has 0 aromatic carbocycles. The fourth-order valence-corrected chi connectivity index (χ4v) is 2.90. The molecule has 88 valence electrons. The second kappa shape index (κ2) is 5.01. The van der Waals surface area contributed by atoms with Gasteiger partial charge in [-0.2, -0.15) is 0 Å². The molecule has 6 heteroatoms. The molecule has 0 aliphatic carbocycles. The maximum absolute atomic E-state index is 10.9. The molecule has 16 heavy (non-hydrogen) atoms. The first kappa shape index (κ1) is 11.7. The monoisotopic (exact) mass is 259 g/mol. The van der Waals surface area contributed by atoms with Gasteiger partial charge in [-0.25, -0.2) is 4.98 Å². The Balaban J connectivity index is 1.87. The van der Waals surface area contributed by atoms with Gasteiger partial charge in [0.1, 0.15) is 5.15 Å². The van der Waals surface area contributed by atoms with E-state index >= 15 is 0 Å². The number of thiazole rings is 1. The second-order valence-electron chi connectivity index (χ2n) is 3.91. The summed E-state index contributed by atoms with van der Waals surface area (Å²) in [5, 5.41) is 6.33. The van der Waals surface area contributed by atoms with Gasteiger partial charge in [0.15, 0.2) is 5.13 Å². The van der Waals surface area contributed by atoms with Crippen LogP contribution in [0.5, 0.6) is 0 Å². The number of hydrogen-bond acceptors (Lipinski definition) is 4. The van der Waals surface area contributed by atoms with E-state index in [1.807, 2.05) is 5.38 Å². The minimum Gasteiger partial charge on any atom is -0.353 e. The summed E-state index contributed by atoms with van der Waals surface area (Å²) in [6.07, 6.45) is 1.94. The number of carbonyl (C=O) groups is 1. The number of rotatable bonds is 2. The quantitative estimate of drug-likeness (QED) is 0.882. The summed E-state index contributed by atoms with van der Waals surface area (Å²) in [7, 11) is 0. The number of anilines is 1. The van der Waals surface area contributed by atoms with Crippen LogP contribution < -0.4 is 10.2 Å². The van der Waals surface area contributed by atoms with E-state index in [2.05, 4.69) is 15.2 Å². The summed E-state index contributed by atoms with van der Waals surface area (Å²) in [5.41, 5.74) is 0. The summed E-state index contributed by atoms with van der Waals surface area (Å²) >= 11 is 7.36. The van der Waals surface area contributed by atoms with Crippen LogP contribution in [0.3, 0.4) is 0 Å². The molecule has 2 rings (SSSR count). The molecule has 0 spiro atoms. The third-order valence-electron chi connectivity index (χ3n) is 2.64. The van der Waals surface area contributed by atoms with Gasteiger partial charge in [0, 0.05) is 31.4 Å². The van der Waals surface area contributed by atoms with E-state index in [0.717, 1.165) is 31.1 Å². The maximum Gasteiger partial charge on any atom is 0.217 e. The Hall–Kier alpha value is -0.810. The van der Waals surface area contributed by atoms with Gasteiger partial charge in [0.2, 0.25) is 5.91 Å². The number of halogens is 1. The van der Waals surface area contributed by atoms with Crippen molar-refractivity contribution in [2.24, 2.45) is 0 Å². The van der Waals surface area contributed by atoms with Gasteiger partial charge in [-0.1, -0.05) is 11.6 Å². The van der Waals surface area contributed by atoms with Crippen molar-refractivity contribution in [3.8, 4) is 0 Å². The first-order chi connectivity index (χ1) is 7.65. The number of piperidine rings is 1. The molecule has 1 aliphatic rings. The fourth-order valence-electron chi connectivity index (χ4n) is 1.89. The van der Waals surface area contributed by atoms with Gasteiger partial charge in [-0.3, -0.25) is 4.79 Å². The average molecular weight is 260 g/mol. The Morgan fingerprint density at radius 3 is 2.81 bits per heavy atom. The third kappa shape index (κ3) is 2.86. The van der Waals surface area contributed by atoms with E-state index in [9.17, 15) is 4.79 Å². The minimum absolute atomic E-state index is 0.0516. The number of hydrogen-bond donors (Lipinski definition) is 1. The smallest absolute Gasteiger partial charge is 0.217 e. The molecule has 0 saturated carbocycles. The fraction of sp³-hybridized carbons (Fsp3) is 0.600. The maximum atomic E-state index is 10.9. The topological polar surface area (TPSA) is 45.2 Å². The van der Waals surface area contributed by atoms with Crippen molar-refractivity contribution in [3.63, 3.8) is 0 Å². The standard InChI is InChI=1S/C10H14ClN3OS/c1-7(15)12-8-2-4-14(5-3-8)10-13-9(11)6-16-10/h6,8H,2-5H2,1H3,(H,12,15). The Labute approximate surface area is 104 Å². The van der Waals surface area contributed by atoms with Gasteiger partial charge in [-0.15, -0.1) is 11.3 Å².